The molecule has 0 fully saturated rings. The molecule has 0 aliphatic rings. The van der Waals surface area contributed by atoms with Crippen LogP contribution in [0.25, 0.3) is 5.31 Å². The number of hydrogen-bond donors (Lipinski definition) is 0. The highest BCUT2D eigenvalue weighted by Crippen LogP contribution is 2.60. The molecule has 0 atom stereocenters. The van der Waals surface area contributed by atoms with Crippen LogP contribution in [0.3, 0.4) is 0 Å². The van der Waals surface area contributed by atoms with E-state index in [2.05, 4.69) is 0 Å². The molecule has 1 heterocycles. The van der Waals surface area contributed by atoms with E-state index in [1.54, 1.807) is 33.8 Å². The lowest BCUT2D eigenvalue weighted by atomic mass is 10.2. The van der Waals surface area contributed by atoms with Gasteiger partial charge in [0, 0.05) is 11.6 Å². The Morgan fingerprint density at radius 2 is 1.87 bits per heavy atom. The molecule has 0 bridgehead atoms. The Morgan fingerprint density at radius 1 is 1.26 bits per heavy atom. The van der Waals surface area contributed by atoms with E-state index in [-0.39, 0.29) is 36.8 Å². The molecule has 1 aromatic rings. The average Bonchev–Trinajstić information content (AvgIpc) is 2.86. The van der Waals surface area contributed by atoms with Gasteiger partial charge >= 0.3 is 13.6 Å². The number of esters is 1. The minimum Gasteiger partial charge on any atom is -0.463 e. The van der Waals surface area contributed by atoms with Crippen molar-refractivity contribution in [1.29, 1.82) is 0 Å². The predicted molar refractivity (Wildman–Crippen MR) is 88.5 cm³/mol. The summed E-state index contributed by atoms with van der Waals surface area (Å²) in [6.07, 6.45) is 1.09. The monoisotopic (exact) mass is 364 g/mol. The van der Waals surface area contributed by atoms with Gasteiger partial charge < -0.3 is 18.2 Å². The maximum atomic E-state index is 13.0. The van der Waals surface area contributed by atoms with Gasteiger partial charge in [-0.15, -0.1) is 11.6 Å². The van der Waals surface area contributed by atoms with E-state index in [1.165, 1.54) is 0 Å². The fourth-order valence-corrected chi connectivity index (χ4v) is 3.82. The molecule has 0 radical (unpaired) electrons. The van der Waals surface area contributed by atoms with Crippen molar-refractivity contribution in [2.45, 2.75) is 33.6 Å². The van der Waals surface area contributed by atoms with Crippen molar-refractivity contribution < 1.29 is 27.6 Å². The van der Waals surface area contributed by atoms with Crippen LogP contribution in [0.5, 0.6) is 0 Å². The van der Waals surface area contributed by atoms with Crippen LogP contribution in [0.1, 0.15) is 37.9 Å². The van der Waals surface area contributed by atoms with Crippen LogP contribution in [0.2, 0.25) is 0 Å². The van der Waals surface area contributed by atoms with Crippen molar-refractivity contribution in [2.24, 2.45) is 0 Å². The van der Waals surface area contributed by atoms with Crippen molar-refractivity contribution >= 4 is 30.5 Å². The number of carbonyl (C=O) groups is 1. The lowest BCUT2D eigenvalue weighted by molar-refractivity contribution is -0.137. The normalized spacial score (nSPS) is 12.5. The third-order valence-electron chi connectivity index (χ3n) is 2.85. The van der Waals surface area contributed by atoms with Gasteiger partial charge in [0.15, 0.2) is 0 Å². The Morgan fingerprint density at radius 3 is 2.30 bits per heavy atom. The minimum absolute atomic E-state index is 0.0270. The highest BCUT2D eigenvalue weighted by atomic mass is 35.5. The molecule has 23 heavy (non-hydrogen) atoms. The highest BCUT2D eigenvalue weighted by Gasteiger charge is 2.34. The van der Waals surface area contributed by atoms with E-state index in [9.17, 15) is 9.36 Å². The first-order valence-electron chi connectivity index (χ1n) is 7.35. The summed E-state index contributed by atoms with van der Waals surface area (Å²) in [6, 6.07) is 1.62. The van der Waals surface area contributed by atoms with Gasteiger partial charge in [0.25, 0.3) is 0 Å². The molecule has 1 rings (SSSR count). The molecule has 0 amide bonds. The van der Waals surface area contributed by atoms with Crippen molar-refractivity contribution in [3.05, 3.63) is 29.2 Å². The molecule has 0 saturated heterocycles. The van der Waals surface area contributed by atoms with Gasteiger partial charge in [-0.2, -0.15) is 0 Å². The van der Waals surface area contributed by atoms with Crippen LogP contribution in [0, 0.1) is 6.92 Å². The van der Waals surface area contributed by atoms with Gasteiger partial charge in [-0.05, 0) is 33.8 Å². The van der Waals surface area contributed by atoms with Gasteiger partial charge in [0.05, 0.1) is 25.7 Å². The molecule has 0 saturated carbocycles. The van der Waals surface area contributed by atoms with Gasteiger partial charge in [-0.1, -0.05) is 0 Å². The highest BCUT2D eigenvalue weighted by molar-refractivity contribution is 7.65. The fraction of sp³-hybridized carbons (Fsp3) is 0.533. The second kappa shape index (κ2) is 9.28. The Balaban J connectivity index is 3.41. The summed E-state index contributed by atoms with van der Waals surface area (Å²) in [5, 5.41) is 0.0270. The van der Waals surface area contributed by atoms with Crippen molar-refractivity contribution in [3.63, 3.8) is 0 Å². The summed E-state index contributed by atoms with van der Waals surface area (Å²) >= 11 is 5.84. The second-order valence-corrected chi connectivity index (χ2v) is 6.70. The molecule has 0 unspecified atom stereocenters. The van der Waals surface area contributed by atoms with Crippen molar-refractivity contribution in [1.82, 2.24) is 0 Å². The zero-order valence-corrected chi connectivity index (χ0v) is 15.4. The molecule has 130 valence electrons. The largest absolute Gasteiger partial charge is 0.463 e. The predicted octanol–water partition coefficient (Wildman–Crippen LogP) is 4.50. The van der Waals surface area contributed by atoms with Crippen LogP contribution in [-0.4, -0.2) is 25.8 Å². The minimum atomic E-state index is -3.72. The van der Waals surface area contributed by atoms with Crippen molar-refractivity contribution in [2.75, 3.05) is 19.8 Å². The summed E-state index contributed by atoms with van der Waals surface area (Å²) in [5.41, 5.74) is 0.732. The Bertz CT molecular complexity index is 597. The smallest absolute Gasteiger partial charge is 0.365 e. The molecule has 0 spiro atoms. The number of ether oxygens (including phenoxy) is 1. The molecule has 6 nitrogen and oxygen atoms in total. The number of halogens is 1. The average molecular weight is 365 g/mol. The third-order valence-corrected chi connectivity index (χ3v) is 5.28. The Kier molecular flexibility index (Phi) is 8.06. The van der Waals surface area contributed by atoms with E-state index in [4.69, 9.17) is 29.8 Å². The lowest BCUT2D eigenvalue weighted by Gasteiger charge is -2.18. The molecule has 0 aliphatic heterocycles. The number of rotatable bonds is 9. The van der Waals surface area contributed by atoms with E-state index >= 15 is 0 Å². The first-order chi connectivity index (χ1) is 10.9. The SMILES string of the molecule is CCOC(=O)C=C(c1cc(CCl)c(C)o1)P(=O)(OCC)OCC. The number of alkyl halides is 1. The van der Waals surface area contributed by atoms with Gasteiger partial charge in [-0.3, -0.25) is 4.57 Å². The fourth-order valence-electron chi connectivity index (χ4n) is 1.88. The summed E-state index contributed by atoms with van der Waals surface area (Å²) in [6.45, 7) is 7.28. The van der Waals surface area contributed by atoms with E-state index in [1.807, 2.05) is 0 Å². The zero-order valence-electron chi connectivity index (χ0n) is 13.8. The molecular weight excluding hydrogens is 343 g/mol. The van der Waals surface area contributed by atoms with E-state index < -0.39 is 13.6 Å². The van der Waals surface area contributed by atoms with Crippen LogP contribution in [-0.2, 0) is 29.0 Å². The van der Waals surface area contributed by atoms with Crippen molar-refractivity contribution in [3.8, 4) is 0 Å². The second-order valence-electron chi connectivity index (χ2n) is 4.44. The Labute approximate surface area is 141 Å². The first-order valence-corrected chi connectivity index (χ1v) is 9.43. The maximum Gasteiger partial charge on any atom is 0.365 e. The van der Waals surface area contributed by atoms with Gasteiger partial charge in [-0.25, -0.2) is 4.79 Å². The first kappa shape index (κ1) is 20.0. The van der Waals surface area contributed by atoms with E-state index in [0.717, 1.165) is 11.6 Å². The summed E-state index contributed by atoms with van der Waals surface area (Å²) in [4.78, 5) is 11.8. The number of aryl methyl sites for hydroxylation is 1. The summed E-state index contributed by atoms with van der Waals surface area (Å²) in [5.74, 6) is 0.375. The maximum absolute atomic E-state index is 13.0. The standard InChI is InChI=1S/C15H22ClO6P/c1-5-19-15(17)9-14(23(18,20-6-2)21-7-3)13-8-12(10-16)11(4)22-13/h8-9H,5-7,10H2,1-4H3. The lowest BCUT2D eigenvalue weighted by Crippen LogP contribution is -2.04. The molecule has 0 aliphatic carbocycles. The topological polar surface area (TPSA) is 75.0 Å². The van der Waals surface area contributed by atoms with Gasteiger partial charge in [0.2, 0.25) is 0 Å². The Hall–Kier alpha value is -1.07. The van der Waals surface area contributed by atoms with Crippen LogP contribution < -0.4 is 0 Å². The summed E-state index contributed by atoms with van der Waals surface area (Å²) in [7, 11) is -3.72. The molecule has 0 N–H and O–H groups in total. The molecule has 8 heteroatoms. The van der Waals surface area contributed by atoms with Crippen LogP contribution >= 0.6 is 19.2 Å². The number of hydrogen-bond acceptors (Lipinski definition) is 6. The molecule has 1 aromatic heterocycles. The molecule has 0 aromatic carbocycles. The number of furan rings is 1. The zero-order chi connectivity index (χ0) is 17.5. The molecular formula is C15H22ClO6P. The third kappa shape index (κ3) is 5.21. The van der Waals surface area contributed by atoms with Crippen LogP contribution in [0.4, 0.5) is 0 Å². The van der Waals surface area contributed by atoms with Gasteiger partial charge in [0.1, 0.15) is 16.8 Å². The van der Waals surface area contributed by atoms with E-state index in [0.29, 0.717) is 5.76 Å². The number of carbonyl (C=O) groups excluding carboxylic acids is 1. The van der Waals surface area contributed by atoms with Crippen LogP contribution in [0.15, 0.2) is 16.6 Å². The quantitative estimate of drug-likeness (QED) is 0.278. The summed E-state index contributed by atoms with van der Waals surface area (Å²) < 4.78 is 34.2.